The highest BCUT2D eigenvalue weighted by Gasteiger charge is 2.60. The van der Waals surface area contributed by atoms with Crippen LogP contribution in [0, 0.1) is 5.41 Å². The number of piperidine rings is 3. The maximum Gasteiger partial charge on any atom is 0.121 e. The van der Waals surface area contributed by atoms with Gasteiger partial charge in [-0.25, -0.2) is 0 Å². The van der Waals surface area contributed by atoms with E-state index in [1.807, 2.05) is 12.1 Å². The smallest absolute Gasteiger partial charge is 0.121 e. The molecule has 2 aromatic carbocycles. The minimum Gasteiger partial charge on any atom is -1.00 e. The molecule has 0 atom stereocenters. The Kier molecular flexibility index (Phi) is 6.14. The van der Waals surface area contributed by atoms with E-state index in [4.69, 9.17) is 0 Å². The lowest BCUT2D eigenvalue weighted by atomic mass is 9.56. The van der Waals surface area contributed by atoms with E-state index in [0.717, 1.165) is 30.4 Å². The van der Waals surface area contributed by atoms with Crippen molar-refractivity contribution in [3.8, 4) is 0 Å². The molecule has 3 heterocycles. The Labute approximate surface area is 174 Å². The van der Waals surface area contributed by atoms with Gasteiger partial charge in [0.25, 0.3) is 0 Å². The summed E-state index contributed by atoms with van der Waals surface area (Å²) in [6, 6.07) is 20.8. The first-order chi connectivity index (χ1) is 12.6. The summed E-state index contributed by atoms with van der Waals surface area (Å²) in [5.74, 6) is 0. The Morgan fingerprint density at radius 1 is 0.852 bits per heavy atom. The number of hydrogen-bond acceptors (Lipinski definition) is 1. The zero-order chi connectivity index (χ0) is 18.1. The van der Waals surface area contributed by atoms with E-state index >= 15 is 0 Å². The molecule has 0 aromatic heterocycles. The molecule has 2 bridgehead atoms. The molecule has 5 rings (SSSR count). The highest BCUT2D eigenvalue weighted by molar-refractivity contribution is 5.39. The van der Waals surface area contributed by atoms with Crippen LogP contribution in [0.4, 0.5) is 0 Å². The monoisotopic (exact) mass is 429 g/mol. The summed E-state index contributed by atoms with van der Waals surface area (Å²) in [5.41, 5.74) is 1.18. The van der Waals surface area contributed by atoms with Gasteiger partial charge in [-0.1, -0.05) is 74.0 Å². The lowest BCUT2D eigenvalue weighted by Gasteiger charge is -2.60. The number of fused-ring (bicyclic) bond motifs is 3. The Bertz CT molecular complexity index is 667. The first kappa shape index (κ1) is 20.6. The normalized spacial score (nSPS) is 27.2. The second kappa shape index (κ2) is 8.06. The third-order valence-corrected chi connectivity index (χ3v) is 7.33. The van der Waals surface area contributed by atoms with Gasteiger partial charge in [-0.2, -0.15) is 0 Å². The fourth-order valence-corrected chi connectivity index (χ4v) is 5.57. The number of hydrogen-bond donors (Lipinski definition) is 1. The molecule has 3 aliphatic rings. The molecule has 146 valence electrons. The molecule has 0 unspecified atom stereocenters. The number of aliphatic hydroxyl groups is 1. The molecular weight excluding hydrogens is 398 g/mol. The van der Waals surface area contributed by atoms with Crippen LogP contribution < -0.4 is 17.0 Å². The number of halogens is 1. The summed E-state index contributed by atoms with van der Waals surface area (Å²) in [7, 11) is 0. The maximum absolute atomic E-state index is 12.3. The van der Waals surface area contributed by atoms with Gasteiger partial charge in [0.05, 0.1) is 26.2 Å². The minimum atomic E-state index is -0.892. The van der Waals surface area contributed by atoms with Crippen molar-refractivity contribution in [1.82, 2.24) is 0 Å². The van der Waals surface area contributed by atoms with Gasteiger partial charge in [-0.15, -0.1) is 0 Å². The van der Waals surface area contributed by atoms with Gasteiger partial charge in [-0.05, 0) is 17.5 Å². The summed E-state index contributed by atoms with van der Waals surface area (Å²) in [4.78, 5) is 0. The predicted octanol–water partition coefficient (Wildman–Crippen LogP) is 1.73. The average molecular weight is 430 g/mol. The Balaban J connectivity index is 0.00000210. The first-order valence-corrected chi connectivity index (χ1v) is 10.3. The summed E-state index contributed by atoms with van der Waals surface area (Å²) >= 11 is 0. The van der Waals surface area contributed by atoms with Crippen LogP contribution in [0.5, 0.6) is 0 Å². The number of benzene rings is 2. The predicted molar refractivity (Wildman–Crippen MR) is 107 cm³/mol. The van der Waals surface area contributed by atoms with Gasteiger partial charge >= 0.3 is 0 Å². The highest BCUT2D eigenvalue weighted by Crippen LogP contribution is 2.57. The third-order valence-electron chi connectivity index (χ3n) is 7.33. The van der Waals surface area contributed by atoms with Crippen molar-refractivity contribution in [3.05, 3.63) is 71.8 Å². The van der Waals surface area contributed by atoms with Crippen molar-refractivity contribution in [2.75, 3.05) is 26.2 Å². The van der Waals surface area contributed by atoms with E-state index < -0.39 is 5.60 Å². The molecule has 0 radical (unpaired) electrons. The molecule has 3 aliphatic heterocycles. The van der Waals surface area contributed by atoms with E-state index in [0.29, 0.717) is 0 Å². The second-order valence-corrected chi connectivity index (χ2v) is 8.56. The molecule has 0 saturated carbocycles. The molecule has 3 saturated heterocycles. The standard InChI is InChI=1S/C24H32NO.BrH/c1-2-3-17-25-18-14-23(15-19-25,16-20-25)24(26,21-10-6-4-7-11-21)22-12-8-5-9-13-22;/h4-13,26H,2-3,14-20H2,1H3;1H/q+1;/p-1. The zero-order valence-corrected chi connectivity index (χ0v) is 18.0. The molecular formula is C24H32BrNO. The molecule has 27 heavy (non-hydrogen) atoms. The summed E-state index contributed by atoms with van der Waals surface area (Å²) < 4.78 is 1.29. The molecule has 3 fully saturated rings. The zero-order valence-electron chi connectivity index (χ0n) is 16.4. The average Bonchev–Trinajstić information content (AvgIpc) is 2.74. The summed E-state index contributed by atoms with van der Waals surface area (Å²) in [6.07, 6.45) is 5.97. The molecule has 0 amide bonds. The summed E-state index contributed by atoms with van der Waals surface area (Å²) in [5, 5.41) is 12.3. The number of rotatable bonds is 6. The van der Waals surface area contributed by atoms with Gasteiger partial charge in [0.2, 0.25) is 0 Å². The molecule has 3 heteroatoms. The van der Waals surface area contributed by atoms with E-state index in [1.165, 1.54) is 43.5 Å². The van der Waals surface area contributed by atoms with Gasteiger partial charge in [0, 0.05) is 24.7 Å². The van der Waals surface area contributed by atoms with Crippen molar-refractivity contribution in [2.45, 2.75) is 44.6 Å². The minimum absolute atomic E-state index is 0. The van der Waals surface area contributed by atoms with Crippen molar-refractivity contribution in [3.63, 3.8) is 0 Å². The van der Waals surface area contributed by atoms with E-state index in [-0.39, 0.29) is 22.4 Å². The first-order valence-electron chi connectivity index (χ1n) is 10.3. The molecule has 0 spiro atoms. The Morgan fingerprint density at radius 2 is 1.30 bits per heavy atom. The number of nitrogens with zero attached hydrogens (tertiary/aromatic N) is 1. The second-order valence-electron chi connectivity index (χ2n) is 8.56. The highest BCUT2D eigenvalue weighted by atomic mass is 79.9. The van der Waals surface area contributed by atoms with Gasteiger partial charge < -0.3 is 26.6 Å². The largest absolute Gasteiger partial charge is 1.00 e. The molecule has 1 N–H and O–H groups in total. The van der Waals surface area contributed by atoms with Gasteiger partial charge in [0.15, 0.2) is 0 Å². The fourth-order valence-electron chi connectivity index (χ4n) is 5.57. The van der Waals surface area contributed by atoms with Crippen LogP contribution in [0.2, 0.25) is 0 Å². The molecule has 0 aliphatic carbocycles. The van der Waals surface area contributed by atoms with Crippen LogP contribution in [0.15, 0.2) is 60.7 Å². The SMILES string of the molecule is CCCC[N+]12CCC(C(O)(c3ccccc3)c3ccccc3)(CC1)CC2.[Br-]. The third kappa shape index (κ3) is 3.39. The number of unbranched alkanes of at least 4 members (excludes halogenated alkanes) is 1. The Morgan fingerprint density at radius 3 is 1.70 bits per heavy atom. The maximum atomic E-state index is 12.3. The topological polar surface area (TPSA) is 20.2 Å². The van der Waals surface area contributed by atoms with Crippen LogP contribution in [0.3, 0.4) is 0 Å². The van der Waals surface area contributed by atoms with Crippen molar-refractivity contribution in [1.29, 1.82) is 0 Å². The van der Waals surface area contributed by atoms with Crippen LogP contribution >= 0.6 is 0 Å². The Hall–Kier alpha value is -1.16. The van der Waals surface area contributed by atoms with Crippen LogP contribution in [-0.2, 0) is 5.60 Å². The lowest BCUT2D eigenvalue weighted by Crippen LogP contribution is -3.00. The van der Waals surface area contributed by atoms with Gasteiger partial charge in [0.1, 0.15) is 5.60 Å². The van der Waals surface area contributed by atoms with Crippen LogP contribution in [0.1, 0.15) is 50.2 Å². The van der Waals surface area contributed by atoms with Gasteiger partial charge in [-0.3, -0.25) is 0 Å². The molecule has 2 aromatic rings. The quantitative estimate of drug-likeness (QED) is 0.693. The van der Waals surface area contributed by atoms with Crippen molar-refractivity contribution in [2.24, 2.45) is 5.41 Å². The van der Waals surface area contributed by atoms with E-state index in [1.54, 1.807) is 0 Å². The van der Waals surface area contributed by atoms with Crippen LogP contribution in [0.25, 0.3) is 0 Å². The van der Waals surface area contributed by atoms with Crippen LogP contribution in [-0.4, -0.2) is 35.8 Å². The fraction of sp³-hybridized carbons (Fsp3) is 0.500. The van der Waals surface area contributed by atoms with E-state index in [9.17, 15) is 5.11 Å². The van der Waals surface area contributed by atoms with Crippen molar-refractivity contribution < 1.29 is 26.6 Å². The number of quaternary nitrogens is 1. The lowest BCUT2D eigenvalue weighted by molar-refractivity contribution is -0.946. The molecule has 2 nitrogen and oxygen atoms in total. The van der Waals surface area contributed by atoms with Crippen molar-refractivity contribution >= 4 is 0 Å². The summed E-state index contributed by atoms with van der Waals surface area (Å²) in [6.45, 7) is 7.29. The van der Waals surface area contributed by atoms with E-state index in [2.05, 4.69) is 55.5 Å².